The quantitative estimate of drug-likeness (QED) is 0.322. The lowest BCUT2D eigenvalue weighted by Crippen LogP contribution is -2.48. The number of anilines is 2. The second-order valence-electron chi connectivity index (χ2n) is 9.49. The fourth-order valence-electron chi connectivity index (χ4n) is 5.29. The molecule has 0 bridgehead atoms. The maximum absolute atomic E-state index is 14.6. The molecule has 3 aromatic carbocycles. The smallest absolute Gasteiger partial charge is 0.308 e. The Labute approximate surface area is 215 Å². The molecule has 2 aliphatic rings. The molecule has 0 aliphatic carbocycles. The number of para-hydroxylation sites is 2. The van der Waals surface area contributed by atoms with Crippen molar-refractivity contribution in [3.05, 3.63) is 96.1 Å². The van der Waals surface area contributed by atoms with Crippen molar-refractivity contribution >= 4 is 34.9 Å². The van der Waals surface area contributed by atoms with Gasteiger partial charge in [-0.2, -0.15) is 0 Å². The molecule has 5 rings (SSSR count). The summed E-state index contributed by atoms with van der Waals surface area (Å²) in [6.07, 6.45) is 1.74. The number of nitrogens with one attached hydrogen (secondary N) is 3. The summed E-state index contributed by atoms with van der Waals surface area (Å²) < 4.78 is 0. The third-order valence-electron chi connectivity index (χ3n) is 6.92. The van der Waals surface area contributed by atoms with Crippen molar-refractivity contribution in [1.29, 1.82) is 0 Å². The van der Waals surface area contributed by atoms with Crippen LogP contribution in [-0.2, 0) is 9.59 Å². The molecule has 1 saturated heterocycles. The number of ketones is 1. The van der Waals surface area contributed by atoms with Gasteiger partial charge >= 0.3 is 5.97 Å². The van der Waals surface area contributed by atoms with Crippen LogP contribution in [0.1, 0.15) is 36.3 Å². The molecule has 0 radical (unpaired) electrons. The van der Waals surface area contributed by atoms with Gasteiger partial charge in [0.25, 0.3) is 0 Å². The van der Waals surface area contributed by atoms with Gasteiger partial charge in [-0.1, -0.05) is 84.6 Å². The lowest BCUT2D eigenvalue weighted by atomic mass is 9.82. The minimum atomic E-state index is -1.02. The van der Waals surface area contributed by atoms with E-state index < -0.39 is 22.1 Å². The monoisotopic (exact) mass is 501 g/mol. The predicted octanol–water partition coefficient (Wildman–Crippen LogP) is 5.16. The van der Waals surface area contributed by atoms with Gasteiger partial charge in [-0.05, 0) is 55.1 Å². The van der Waals surface area contributed by atoms with E-state index in [0.717, 1.165) is 48.4 Å². The first-order valence-electron chi connectivity index (χ1n) is 12.4. The normalized spacial score (nSPS) is 19.1. The number of rotatable bonds is 9. The van der Waals surface area contributed by atoms with Crippen molar-refractivity contribution in [3.63, 3.8) is 0 Å². The largest absolute Gasteiger partial charge is 0.481 e. The Morgan fingerprint density at radius 1 is 0.889 bits per heavy atom. The number of carbonyl (C=O) groups is 2. The maximum atomic E-state index is 14.6. The van der Waals surface area contributed by atoms with Crippen molar-refractivity contribution in [2.24, 2.45) is 5.92 Å². The van der Waals surface area contributed by atoms with Crippen LogP contribution in [-0.4, -0.2) is 40.2 Å². The number of aliphatic carboxylic acids is 1. The first-order valence-corrected chi connectivity index (χ1v) is 13.3. The number of benzene rings is 3. The first-order chi connectivity index (χ1) is 17.5. The van der Waals surface area contributed by atoms with Gasteiger partial charge in [0.2, 0.25) is 0 Å². The average molecular weight is 502 g/mol. The molecular formula is C29H31N3O3S. The predicted molar refractivity (Wildman–Crippen MR) is 145 cm³/mol. The van der Waals surface area contributed by atoms with Crippen LogP contribution in [0.15, 0.2) is 84.9 Å². The Balaban J connectivity index is 1.54. The number of Topliss-reactive ketones (excluding diaryl/α,β-unsaturated/α-hetero) is 1. The van der Waals surface area contributed by atoms with E-state index in [1.54, 1.807) is 0 Å². The number of carboxylic acids is 1. The van der Waals surface area contributed by atoms with E-state index in [-0.39, 0.29) is 18.1 Å². The van der Waals surface area contributed by atoms with Crippen LogP contribution < -0.4 is 16.0 Å². The minimum absolute atomic E-state index is 0.0872. The Hall–Kier alpha value is -3.29. The molecule has 7 heteroatoms. The van der Waals surface area contributed by atoms with Gasteiger partial charge in [0.15, 0.2) is 10.8 Å². The third kappa shape index (κ3) is 5.27. The van der Waals surface area contributed by atoms with Gasteiger partial charge in [0, 0.05) is 0 Å². The molecule has 0 spiro atoms. The summed E-state index contributed by atoms with van der Waals surface area (Å²) in [6.45, 7) is 1.67. The maximum Gasteiger partial charge on any atom is 0.308 e. The molecule has 2 unspecified atom stereocenters. The van der Waals surface area contributed by atoms with Crippen molar-refractivity contribution in [2.75, 3.05) is 23.7 Å². The zero-order valence-electron chi connectivity index (χ0n) is 20.0. The highest BCUT2D eigenvalue weighted by Gasteiger charge is 2.46. The van der Waals surface area contributed by atoms with Gasteiger partial charge in [0.1, 0.15) is 0 Å². The van der Waals surface area contributed by atoms with Gasteiger partial charge in [-0.15, -0.1) is 0 Å². The Bertz CT molecular complexity index is 1130. The lowest BCUT2D eigenvalue weighted by molar-refractivity contribution is -0.137. The number of hydrogen-bond acceptors (Lipinski definition) is 6. The highest BCUT2D eigenvalue weighted by atomic mass is 32.2. The SMILES string of the molecule is O=C(O)CC1(SC(C(=O)C(c2ccccc2)c2ccccc2)C2CCCNC2)Nc2ccccc2N1. The molecular weight excluding hydrogens is 470 g/mol. The summed E-state index contributed by atoms with van der Waals surface area (Å²) >= 11 is 1.42. The zero-order valence-corrected chi connectivity index (χ0v) is 20.8. The van der Waals surface area contributed by atoms with Crippen LogP contribution in [0.5, 0.6) is 0 Å². The molecule has 2 aliphatic heterocycles. The number of carboxylic acid groups (broad SMARTS) is 1. The number of hydrogen-bond donors (Lipinski definition) is 4. The van der Waals surface area contributed by atoms with Crippen molar-refractivity contribution < 1.29 is 14.7 Å². The zero-order chi connectivity index (χ0) is 25.0. The molecule has 3 aromatic rings. The van der Waals surface area contributed by atoms with Crippen molar-refractivity contribution in [2.45, 2.75) is 35.4 Å². The second kappa shape index (κ2) is 10.8. The molecule has 2 heterocycles. The molecule has 36 heavy (non-hydrogen) atoms. The van der Waals surface area contributed by atoms with Crippen LogP contribution in [0.3, 0.4) is 0 Å². The van der Waals surface area contributed by atoms with E-state index in [1.165, 1.54) is 11.8 Å². The Morgan fingerprint density at radius 2 is 1.44 bits per heavy atom. The summed E-state index contributed by atoms with van der Waals surface area (Å²) in [5.41, 5.74) is 3.60. The van der Waals surface area contributed by atoms with Gasteiger partial charge in [0.05, 0.1) is 29.0 Å². The molecule has 0 amide bonds. The Kier molecular flexibility index (Phi) is 7.30. The topological polar surface area (TPSA) is 90.5 Å². The van der Waals surface area contributed by atoms with E-state index in [4.69, 9.17) is 0 Å². The lowest BCUT2D eigenvalue weighted by Gasteiger charge is -2.38. The van der Waals surface area contributed by atoms with Crippen LogP contribution in [0.4, 0.5) is 11.4 Å². The molecule has 0 saturated carbocycles. The van der Waals surface area contributed by atoms with Crippen molar-refractivity contribution in [3.8, 4) is 0 Å². The molecule has 2 atom stereocenters. The summed E-state index contributed by atoms with van der Waals surface area (Å²) in [4.78, 5) is 25.6. The standard InChI is InChI=1S/C29H31N3O3S/c33-25(34)18-29(31-23-15-7-8-16-24(23)32-29)36-28(22-14-9-17-30-19-22)27(35)26(20-10-3-1-4-11-20)21-12-5-2-6-13-21/h1-8,10-13,15-16,22,26,28,30-32H,9,14,17-19H2,(H,33,34). The minimum Gasteiger partial charge on any atom is -0.481 e. The summed E-state index contributed by atoms with van der Waals surface area (Å²) in [7, 11) is 0. The molecule has 186 valence electrons. The van der Waals surface area contributed by atoms with Crippen LogP contribution >= 0.6 is 11.8 Å². The van der Waals surface area contributed by atoms with Crippen LogP contribution in [0, 0.1) is 5.92 Å². The molecule has 6 nitrogen and oxygen atoms in total. The molecule has 4 N–H and O–H groups in total. The number of piperidine rings is 1. The number of carbonyl (C=O) groups excluding carboxylic acids is 1. The van der Waals surface area contributed by atoms with E-state index in [2.05, 4.69) is 16.0 Å². The van der Waals surface area contributed by atoms with Crippen LogP contribution in [0.25, 0.3) is 0 Å². The first kappa shape index (κ1) is 24.4. The van der Waals surface area contributed by atoms with E-state index >= 15 is 0 Å². The summed E-state index contributed by atoms with van der Waals surface area (Å²) in [5, 5.41) is 19.7. The highest BCUT2D eigenvalue weighted by molar-refractivity contribution is 8.02. The molecule has 1 fully saturated rings. The Morgan fingerprint density at radius 3 is 1.94 bits per heavy atom. The third-order valence-corrected chi connectivity index (χ3v) is 8.54. The highest BCUT2D eigenvalue weighted by Crippen LogP contribution is 2.47. The second-order valence-corrected chi connectivity index (χ2v) is 10.9. The summed E-state index contributed by atoms with van der Waals surface area (Å²) in [5.74, 6) is -1.16. The van der Waals surface area contributed by atoms with Crippen molar-refractivity contribution in [1.82, 2.24) is 5.32 Å². The molecule has 0 aromatic heterocycles. The van der Waals surface area contributed by atoms with Gasteiger partial charge in [-0.25, -0.2) is 0 Å². The van der Waals surface area contributed by atoms with E-state index in [0.29, 0.717) is 0 Å². The fraction of sp³-hybridized carbons (Fsp3) is 0.310. The van der Waals surface area contributed by atoms with E-state index in [9.17, 15) is 14.7 Å². The van der Waals surface area contributed by atoms with E-state index in [1.807, 2.05) is 84.9 Å². The average Bonchev–Trinajstić information content (AvgIpc) is 3.26. The fourth-order valence-corrected chi connectivity index (χ4v) is 6.94. The van der Waals surface area contributed by atoms with Crippen LogP contribution in [0.2, 0.25) is 0 Å². The summed E-state index contributed by atoms with van der Waals surface area (Å²) in [6, 6.07) is 27.5. The van der Waals surface area contributed by atoms with Gasteiger partial charge < -0.3 is 21.1 Å². The number of thioether (sulfide) groups is 1. The number of fused-ring (bicyclic) bond motifs is 1. The van der Waals surface area contributed by atoms with Gasteiger partial charge in [-0.3, -0.25) is 9.59 Å².